The van der Waals surface area contributed by atoms with Crippen molar-refractivity contribution in [2.75, 3.05) is 12.9 Å². The topological polar surface area (TPSA) is 55.0 Å². The van der Waals surface area contributed by atoms with Crippen LogP contribution in [0.15, 0.2) is 23.4 Å². The minimum absolute atomic E-state index is 0.00299. The van der Waals surface area contributed by atoms with Crippen LogP contribution in [0.2, 0.25) is 0 Å². The van der Waals surface area contributed by atoms with E-state index in [-0.39, 0.29) is 5.41 Å². The molecule has 0 amide bonds. The summed E-state index contributed by atoms with van der Waals surface area (Å²) >= 11 is 1.56. The molecular weight excluding hydrogens is 332 g/mol. The highest BCUT2D eigenvalue weighted by atomic mass is 32.2. The summed E-state index contributed by atoms with van der Waals surface area (Å²) < 4.78 is 5.26. The summed E-state index contributed by atoms with van der Waals surface area (Å²) in [5, 5.41) is 0.835. The first-order valence-electron chi connectivity index (χ1n) is 9.33. The molecule has 4 fully saturated rings. The predicted octanol–water partition coefficient (Wildman–Crippen LogP) is 4.45. The molecule has 1 N–H and O–H groups in total. The van der Waals surface area contributed by atoms with Gasteiger partial charge in [0, 0.05) is 11.5 Å². The third-order valence-corrected chi connectivity index (χ3v) is 7.51. The van der Waals surface area contributed by atoms with Gasteiger partial charge >= 0.3 is 0 Å². The van der Waals surface area contributed by atoms with E-state index >= 15 is 0 Å². The minimum atomic E-state index is -0.00299. The van der Waals surface area contributed by atoms with Gasteiger partial charge in [-0.2, -0.15) is 0 Å². The molecule has 0 spiro atoms. The van der Waals surface area contributed by atoms with Gasteiger partial charge in [-0.15, -0.1) is 0 Å². The number of carbonyl (C=O) groups excluding carboxylic acids is 1. The SMILES string of the molecule is COc1ccc2nc(SCC(=O)C34CC5CC(CC(C5)C3)C4)[nH]c2c1. The van der Waals surface area contributed by atoms with Crippen molar-refractivity contribution in [3.63, 3.8) is 0 Å². The van der Waals surface area contributed by atoms with Crippen molar-refractivity contribution in [2.24, 2.45) is 23.2 Å². The molecule has 1 aromatic carbocycles. The van der Waals surface area contributed by atoms with Gasteiger partial charge in [-0.25, -0.2) is 4.98 Å². The van der Waals surface area contributed by atoms with Crippen molar-refractivity contribution in [2.45, 2.75) is 43.7 Å². The summed E-state index contributed by atoms with van der Waals surface area (Å²) in [5.74, 6) is 4.28. The molecule has 4 bridgehead atoms. The van der Waals surface area contributed by atoms with Crippen molar-refractivity contribution < 1.29 is 9.53 Å². The molecule has 0 atom stereocenters. The maximum atomic E-state index is 13.1. The quantitative estimate of drug-likeness (QED) is 0.804. The molecule has 2 aromatic rings. The van der Waals surface area contributed by atoms with Gasteiger partial charge in [-0.1, -0.05) is 11.8 Å². The molecule has 1 heterocycles. The number of hydrogen-bond donors (Lipinski definition) is 1. The lowest BCUT2D eigenvalue weighted by atomic mass is 9.48. The third kappa shape index (κ3) is 2.67. The molecular formula is C20H24N2O2S. The molecule has 0 radical (unpaired) electrons. The monoisotopic (exact) mass is 356 g/mol. The van der Waals surface area contributed by atoms with E-state index in [4.69, 9.17) is 4.74 Å². The molecule has 132 valence electrons. The van der Waals surface area contributed by atoms with E-state index in [0.29, 0.717) is 11.5 Å². The molecule has 4 aliphatic rings. The van der Waals surface area contributed by atoms with Gasteiger partial charge in [0.1, 0.15) is 11.5 Å². The third-order valence-electron chi connectivity index (χ3n) is 6.64. The van der Waals surface area contributed by atoms with Crippen LogP contribution >= 0.6 is 11.8 Å². The van der Waals surface area contributed by atoms with Crippen LogP contribution in [0, 0.1) is 23.2 Å². The standard InChI is InChI=1S/C20H24N2O2S/c1-24-15-2-3-16-17(7-15)22-19(21-16)25-11-18(23)20-8-12-4-13(9-20)6-14(5-12)10-20/h2-3,7,12-14H,4-6,8-11H2,1H3,(H,21,22). The zero-order chi connectivity index (χ0) is 17.0. The Morgan fingerprint density at radius 1 is 1.24 bits per heavy atom. The number of H-pyrrole nitrogens is 1. The van der Waals surface area contributed by atoms with E-state index < -0.39 is 0 Å². The van der Waals surface area contributed by atoms with Crippen LogP contribution in [0.1, 0.15) is 38.5 Å². The van der Waals surface area contributed by atoms with Crippen LogP contribution in [0.25, 0.3) is 11.0 Å². The highest BCUT2D eigenvalue weighted by Crippen LogP contribution is 2.60. The van der Waals surface area contributed by atoms with Crippen LogP contribution in [0.3, 0.4) is 0 Å². The number of thioether (sulfide) groups is 1. The summed E-state index contributed by atoms with van der Waals surface area (Å²) in [4.78, 5) is 21.0. The zero-order valence-corrected chi connectivity index (χ0v) is 15.4. The van der Waals surface area contributed by atoms with Crippen molar-refractivity contribution in [3.8, 4) is 5.75 Å². The number of fused-ring (bicyclic) bond motifs is 1. The number of methoxy groups -OCH3 is 1. The summed E-state index contributed by atoms with van der Waals surface area (Å²) in [5.41, 5.74) is 1.88. The number of benzene rings is 1. The minimum Gasteiger partial charge on any atom is -0.497 e. The zero-order valence-electron chi connectivity index (χ0n) is 14.6. The fourth-order valence-corrected chi connectivity index (χ4v) is 6.82. The summed E-state index contributed by atoms with van der Waals surface area (Å²) in [6.07, 6.45) is 7.59. The molecule has 4 nitrogen and oxygen atoms in total. The Bertz CT molecular complexity index is 793. The highest BCUT2D eigenvalue weighted by Gasteiger charge is 2.54. The second kappa shape index (κ2) is 5.76. The number of hydrogen-bond acceptors (Lipinski definition) is 4. The lowest BCUT2D eigenvalue weighted by Gasteiger charge is -2.56. The fourth-order valence-electron chi connectivity index (χ4n) is 5.90. The van der Waals surface area contributed by atoms with Crippen LogP contribution in [0.4, 0.5) is 0 Å². The molecule has 1 aromatic heterocycles. The summed E-state index contributed by atoms with van der Waals surface area (Å²) in [7, 11) is 1.66. The molecule has 0 saturated heterocycles. The first kappa shape index (κ1) is 15.7. The Kier molecular flexibility index (Phi) is 3.63. The Balaban J connectivity index is 1.30. The number of rotatable bonds is 5. The number of aromatic amines is 1. The molecule has 25 heavy (non-hydrogen) atoms. The van der Waals surface area contributed by atoms with Crippen molar-refractivity contribution in [1.29, 1.82) is 0 Å². The highest BCUT2D eigenvalue weighted by molar-refractivity contribution is 7.99. The molecule has 4 saturated carbocycles. The van der Waals surface area contributed by atoms with Crippen LogP contribution in [-0.4, -0.2) is 28.6 Å². The normalized spacial score (nSPS) is 33.1. The number of Topliss-reactive ketones (excluding diaryl/α,β-unsaturated/α-hetero) is 1. The molecule has 5 heteroatoms. The van der Waals surface area contributed by atoms with Gasteiger partial charge in [0.05, 0.1) is 23.9 Å². The first-order chi connectivity index (χ1) is 12.1. The van der Waals surface area contributed by atoms with Gasteiger partial charge in [-0.05, 0) is 68.4 Å². The second-order valence-electron chi connectivity index (χ2n) is 8.33. The Hall–Kier alpha value is -1.49. The number of nitrogens with zero attached hydrogens (tertiary/aromatic N) is 1. The lowest BCUT2D eigenvalue weighted by molar-refractivity contribution is -0.141. The van der Waals surface area contributed by atoms with Gasteiger partial charge in [0.2, 0.25) is 0 Å². The average Bonchev–Trinajstić information content (AvgIpc) is 3.00. The number of carbonyl (C=O) groups is 1. The fraction of sp³-hybridized carbons (Fsp3) is 0.600. The van der Waals surface area contributed by atoms with E-state index in [1.807, 2.05) is 18.2 Å². The maximum absolute atomic E-state index is 13.1. The summed E-state index contributed by atoms with van der Waals surface area (Å²) in [6, 6.07) is 5.82. The number of nitrogens with one attached hydrogen (secondary N) is 1. The number of ether oxygens (including phenoxy) is 1. The molecule has 4 aliphatic carbocycles. The van der Waals surface area contributed by atoms with Gasteiger partial charge in [0.25, 0.3) is 0 Å². The first-order valence-corrected chi connectivity index (χ1v) is 10.3. The largest absolute Gasteiger partial charge is 0.497 e. The van der Waals surface area contributed by atoms with Crippen LogP contribution in [-0.2, 0) is 4.79 Å². The molecule has 6 rings (SSSR count). The Labute approximate surface area is 152 Å². The van der Waals surface area contributed by atoms with E-state index in [2.05, 4.69) is 9.97 Å². The smallest absolute Gasteiger partial charge is 0.166 e. The van der Waals surface area contributed by atoms with E-state index in [9.17, 15) is 4.79 Å². The van der Waals surface area contributed by atoms with Gasteiger partial charge in [-0.3, -0.25) is 4.79 Å². The number of aromatic nitrogens is 2. The maximum Gasteiger partial charge on any atom is 0.166 e. The number of imidazole rings is 1. The lowest BCUT2D eigenvalue weighted by Crippen LogP contribution is -2.50. The second-order valence-corrected chi connectivity index (χ2v) is 9.30. The number of ketones is 1. The molecule has 0 aliphatic heterocycles. The van der Waals surface area contributed by atoms with Crippen molar-refractivity contribution in [3.05, 3.63) is 18.2 Å². The Morgan fingerprint density at radius 2 is 1.92 bits per heavy atom. The Morgan fingerprint density at radius 3 is 2.56 bits per heavy atom. The predicted molar refractivity (Wildman–Crippen MR) is 99.0 cm³/mol. The van der Waals surface area contributed by atoms with Crippen LogP contribution in [0.5, 0.6) is 5.75 Å². The van der Waals surface area contributed by atoms with Crippen molar-refractivity contribution in [1.82, 2.24) is 9.97 Å². The van der Waals surface area contributed by atoms with E-state index in [1.165, 1.54) is 19.3 Å². The van der Waals surface area contributed by atoms with E-state index in [1.54, 1.807) is 18.9 Å². The van der Waals surface area contributed by atoms with E-state index in [0.717, 1.165) is 59.0 Å². The molecule has 0 unspecified atom stereocenters. The summed E-state index contributed by atoms with van der Waals surface area (Å²) in [6.45, 7) is 0. The van der Waals surface area contributed by atoms with Gasteiger partial charge < -0.3 is 9.72 Å². The average molecular weight is 356 g/mol. The van der Waals surface area contributed by atoms with Crippen molar-refractivity contribution >= 4 is 28.6 Å². The van der Waals surface area contributed by atoms with Gasteiger partial charge in [0.15, 0.2) is 5.16 Å². The van der Waals surface area contributed by atoms with Crippen LogP contribution < -0.4 is 4.74 Å².